The third-order valence-electron chi connectivity index (χ3n) is 5.45. The van der Waals surface area contributed by atoms with Crippen LogP contribution in [0.15, 0.2) is 30.6 Å². The molecule has 2 aromatic rings. The summed E-state index contributed by atoms with van der Waals surface area (Å²) < 4.78 is 14.9. The second-order valence-electron chi connectivity index (χ2n) is 7.31. The summed E-state index contributed by atoms with van der Waals surface area (Å²) in [5, 5.41) is 7.33. The highest BCUT2D eigenvalue weighted by Crippen LogP contribution is 2.49. The van der Waals surface area contributed by atoms with Gasteiger partial charge in [0.05, 0.1) is 13.1 Å². The number of benzene rings is 1. The third kappa shape index (κ3) is 4.06. The number of carbonyl (C=O) groups excluding carboxylic acids is 1. The second kappa shape index (κ2) is 6.94. The highest BCUT2D eigenvalue weighted by Gasteiger charge is 2.40. The predicted molar refractivity (Wildman–Crippen MR) is 90.9 cm³/mol. The van der Waals surface area contributed by atoms with Gasteiger partial charge in [-0.05, 0) is 61.6 Å². The number of hydrogen-bond acceptors (Lipinski definition) is 3. The highest BCUT2D eigenvalue weighted by atomic mass is 19.1. The zero-order valence-corrected chi connectivity index (χ0v) is 14.2. The predicted octanol–water partition coefficient (Wildman–Crippen LogP) is 2.91. The molecule has 0 spiro atoms. The lowest BCUT2D eigenvalue weighted by Crippen LogP contribution is -2.30. The molecule has 1 aromatic heterocycles. The van der Waals surface area contributed by atoms with Gasteiger partial charge in [0, 0.05) is 5.92 Å². The van der Waals surface area contributed by atoms with Gasteiger partial charge in [0.15, 0.2) is 5.82 Å². The molecule has 2 saturated carbocycles. The Balaban J connectivity index is 1.28. The van der Waals surface area contributed by atoms with Crippen LogP contribution in [0.1, 0.15) is 43.5 Å². The largest absolute Gasteiger partial charge is 0.348 e. The van der Waals surface area contributed by atoms with Crippen molar-refractivity contribution in [3.05, 3.63) is 47.8 Å². The standard InChI is InChI=1S/C19H23FN4O/c20-17-3-1-2-13(8-17)11-24-12-22-18(23-24)10-21-19(25)14-4-6-15-9-16(15)7-5-14/h1-3,8,12,14-16H,4-7,9-11H2,(H,21,25)/t14?,15-,16+. The molecule has 0 bridgehead atoms. The first-order chi connectivity index (χ1) is 12.2. The second-order valence-corrected chi connectivity index (χ2v) is 7.31. The first-order valence-electron chi connectivity index (χ1n) is 9.08. The number of hydrogen-bond donors (Lipinski definition) is 1. The van der Waals surface area contributed by atoms with Crippen LogP contribution in [0.3, 0.4) is 0 Å². The number of nitrogens with one attached hydrogen (secondary N) is 1. The van der Waals surface area contributed by atoms with E-state index in [1.165, 1.54) is 31.4 Å². The molecule has 2 fully saturated rings. The maximum Gasteiger partial charge on any atom is 0.223 e. The van der Waals surface area contributed by atoms with E-state index in [4.69, 9.17) is 0 Å². The molecule has 0 radical (unpaired) electrons. The van der Waals surface area contributed by atoms with Gasteiger partial charge < -0.3 is 5.32 Å². The van der Waals surface area contributed by atoms with Crippen molar-refractivity contribution in [3.8, 4) is 0 Å². The molecule has 2 aliphatic carbocycles. The van der Waals surface area contributed by atoms with E-state index in [9.17, 15) is 9.18 Å². The molecule has 5 nitrogen and oxygen atoms in total. The molecular weight excluding hydrogens is 319 g/mol. The van der Waals surface area contributed by atoms with Crippen LogP contribution in [0.4, 0.5) is 4.39 Å². The first kappa shape index (κ1) is 16.2. The Hall–Kier alpha value is -2.24. The van der Waals surface area contributed by atoms with Crippen LogP contribution >= 0.6 is 0 Å². The fourth-order valence-electron chi connectivity index (χ4n) is 3.88. The Bertz CT molecular complexity index is 747. The fourth-order valence-corrected chi connectivity index (χ4v) is 3.88. The number of fused-ring (bicyclic) bond motifs is 1. The lowest BCUT2D eigenvalue weighted by Gasteiger charge is -2.14. The van der Waals surface area contributed by atoms with Crippen molar-refractivity contribution in [1.82, 2.24) is 20.1 Å². The molecule has 1 amide bonds. The molecule has 132 valence electrons. The Labute approximate surface area is 146 Å². The van der Waals surface area contributed by atoms with E-state index in [1.54, 1.807) is 17.1 Å². The summed E-state index contributed by atoms with van der Waals surface area (Å²) >= 11 is 0. The zero-order valence-electron chi connectivity index (χ0n) is 14.2. The number of halogens is 1. The van der Waals surface area contributed by atoms with Gasteiger partial charge in [-0.2, -0.15) is 5.10 Å². The quantitative estimate of drug-likeness (QED) is 0.909. The zero-order chi connectivity index (χ0) is 17.2. The minimum Gasteiger partial charge on any atom is -0.348 e. The maximum absolute atomic E-state index is 13.2. The van der Waals surface area contributed by atoms with Crippen LogP contribution in [0.5, 0.6) is 0 Å². The number of rotatable bonds is 5. The summed E-state index contributed by atoms with van der Waals surface area (Å²) in [6.45, 7) is 0.808. The van der Waals surface area contributed by atoms with Crippen molar-refractivity contribution in [1.29, 1.82) is 0 Å². The van der Waals surface area contributed by atoms with Gasteiger partial charge in [0.1, 0.15) is 12.1 Å². The Morgan fingerprint density at radius 2 is 2.04 bits per heavy atom. The summed E-state index contributed by atoms with van der Waals surface area (Å²) in [5.41, 5.74) is 0.831. The minimum atomic E-state index is -0.258. The normalized spacial score (nSPS) is 25.1. The van der Waals surface area contributed by atoms with Gasteiger partial charge >= 0.3 is 0 Å². The summed E-state index contributed by atoms with van der Waals surface area (Å²) in [4.78, 5) is 16.6. The number of nitrogens with zero attached hydrogens (tertiary/aromatic N) is 3. The topological polar surface area (TPSA) is 59.8 Å². The maximum atomic E-state index is 13.2. The van der Waals surface area contributed by atoms with E-state index in [0.29, 0.717) is 18.9 Å². The van der Waals surface area contributed by atoms with Crippen molar-refractivity contribution in [2.45, 2.75) is 45.2 Å². The summed E-state index contributed by atoms with van der Waals surface area (Å²) in [6.07, 6.45) is 7.40. The van der Waals surface area contributed by atoms with Crippen LogP contribution in [0.25, 0.3) is 0 Å². The van der Waals surface area contributed by atoms with E-state index in [1.807, 2.05) is 6.07 Å². The van der Waals surface area contributed by atoms with Crippen molar-refractivity contribution < 1.29 is 9.18 Å². The van der Waals surface area contributed by atoms with Crippen molar-refractivity contribution in [2.75, 3.05) is 0 Å². The van der Waals surface area contributed by atoms with E-state index >= 15 is 0 Å². The lowest BCUT2D eigenvalue weighted by molar-refractivity contribution is -0.125. The van der Waals surface area contributed by atoms with E-state index < -0.39 is 0 Å². The van der Waals surface area contributed by atoms with Crippen molar-refractivity contribution >= 4 is 5.91 Å². The van der Waals surface area contributed by atoms with Gasteiger partial charge in [-0.15, -0.1) is 0 Å². The average Bonchev–Trinajstić information content (AvgIpc) is 3.24. The van der Waals surface area contributed by atoms with Crippen LogP contribution in [0.2, 0.25) is 0 Å². The monoisotopic (exact) mass is 342 g/mol. The van der Waals surface area contributed by atoms with E-state index in [0.717, 1.165) is 30.2 Å². The van der Waals surface area contributed by atoms with Crippen molar-refractivity contribution in [2.24, 2.45) is 17.8 Å². The van der Waals surface area contributed by atoms with Gasteiger partial charge in [-0.1, -0.05) is 12.1 Å². The minimum absolute atomic E-state index is 0.128. The number of aromatic nitrogens is 3. The SMILES string of the molecule is O=C(NCc1ncn(Cc2cccc(F)c2)n1)C1CC[C@@H]2C[C@@H]2CC1. The molecule has 1 N–H and O–H groups in total. The molecule has 3 atom stereocenters. The summed E-state index contributed by atoms with van der Waals surface area (Å²) in [5.74, 6) is 2.37. The summed E-state index contributed by atoms with van der Waals surface area (Å²) in [6, 6.07) is 6.44. The Kier molecular flexibility index (Phi) is 4.51. The molecule has 25 heavy (non-hydrogen) atoms. The molecule has 1 aromatic carbocycles. The lowest BCUT2D eigenvalue weighted by atomic mass is 9.97. The van der Waals surface area contributed by atoms with E-state index in [2.05, 4.69) is 15.4 Å². The Morgan fingerprint density at radius 1 is 1.24 bits per heavy atom. The third-order valence-corrected chi connectivity index (χ3v) is 5.45. The molecule has 2 aliphatic rings. The van der Waals surface area contributed by atoms with Crippen LogP contribution in [-0.2, 0) is 17.9 Å². The smallest absolute Gasteiger partial charge is 0.223 e. The van der Waals surface area contributed by atoms with Gasteiger partial charge in [0.2, 0.25) is 5.91 Å². The molecule has 1 heterocycles. The van der Waals surface area contributed by atoms with Crippen LogP contribution < -0.4 is 5.32 Å². The van der Waals surface area contributed by atoms with Crippen LogP contribution in [0, 0.1) is 23.6 Å². The first-order valence-corrected chi connectivity index (χ1v) is 9.08. The van der Waals surface area contributed by atoms with Gasteiger partial charge in [0.25, 0.3) is 0 Å². The molecule has 4 rings (SSSR count). The Morgan fingerprint density at radius 3 is 2.80 bits per heavy atom. The van der Waals surface area contributed by atoms with Crippen molar-refractivity contribution in [3.63, 3.8) is 0 Å². The van der Waals surface area contributed by atoms with E-state index in [-0.39, 0.29) is 17.6 Å². The summed E-state index contributed by atoms with van der Waals surface area (Å²) in [7, 11) is 0. The van der Waals surface area contributed by atoms with Crippen LogP contribution in [-0.4, -0.2) is 20.7 Å². The fraction of sp³-hybridized carbons (Fsp3) is 0.526. The average molecular weight is 342 g/mol. The number of carbonyl (C=O) groups is 1. The van der Waals surface area contributed by atoms with Gasteiger partial charge in [-0.3, -0.25) is 4.79 Å². The molecule has 6 heteroatoms. The number of amides is 1. The molecule has 1 unspecified atom stereocenters. The molecular formula is C19H23FN4O. The molecule has 0 saturated heterocycles. The van der Waals surface area contributed by atoms with Gasteiger partial charge in [-0.25, -0.2) is 14.1 Å². The highest BCUT2D eigenvalue weighted by molar-refractivity contribution is 5.78. The molecule has 0 aliphatic heterocycles.